The zero-order chi connectivity index (χ0) is 36.4. The topological polar surface area (TPSA) is 101 Å². The van der Waals surface area contributed by atoms with Gasteiger partial charge in [0.05, 0.1) is 42.3 Å². The Kier molecular flexibility index (Phi) is 11.6. The van der Waals surface area contributed by atoms with Crippen molar-refractivity contribution in [3.05, 3.63) is 86.4 Å². The van der Waals surface area contributed by atoms with E-state index in [2.05, 4.69) is 22.4 Å². The van der Waals surface area contributed by atoms with Crippen molar-refractivity contribution in [1.82, 2.24) is 20.0 Å². The van der Waals surface area contributed by atoms with Crippen LogP contribution in [0.5, 0.6) is 5.75 Å². The van der Waals surface area contributed by atoms with Crippen molar-refractivity contribution in [3.63, 3.8) is 0 Å². The number of rotatable bonds is 8. The minimum atomic E-state index is -0.884. The molecular weight excluding hydrogens is 695 g/mol. The van der Waals surface area contributed by atoms with E-state index in [1.807, 2.05) is 69.0 Å². The molecule has 3 amide bonds. The fraction of sp³-hybridized carbons (Fsp3) is 0.474. The molecule has 1 fully saturated rings. The summed E-state index contributed by atoms with van der Waals surface area (Å²) in [5, 5.41) is 14.6. The van der Waals surface area contributed by atoms with Crippen LogP contribution in [0.1, 0.15) is 70.7 Å². The second-order valence-electron chi connectivity index (χ2n) is 14.5. The summed E-state index contributed by atoms with van der Waals surface area (Å²) in [5.41, 5.74) is 0.857. The van der Waals surface area contributed by atoms with E-state index in [4.69, 9.17) is 44.5 Å². The number of nitrogens with zero attached hydrogens (tertiary/aromatic N) is 5. The molecular formula is C38H45Cl3N6O3. The summed E-state index contributed by atoms with van der Waals surface area (Å²) >= 11 is 19.6. The molecule has 50 heavy (non-hydrogen) atoms. The minimum absolute atomic E-state index is 0.0464. The highest BCUT2D eigenvalue weighted by Gasteiger charge is 2.47. The Hall–Kier alpha value is -3.55. The lowest BCUT2D eigenvalue weighted by molar-refractivity contribution is -0.124. The Morgan fingerprint density at radius 3 is 2.30 bits per heavy atom. The number of amides is 3. The fourth-order valence-electron chi connectivity index (χ4n) is 6.62. The van der Waals surface area contributed by atoms with Gasteiger partial charge in [-0.25, -0.2) is 4.79 Å². The second kappa shape index (κ2) is 15.4. The van der Waals surface area contributed by atoms with Crippen LogP contribution >= 0.6 is 34.8 Å². The van der Waals surface area contributed by atoms with Gasteiger partial charge in [-0.2, -0.15) is 5.26 Å². The molecule has 0 radical (unpaired) electrons. The van der Waals surface area contributed by atoms with E-state index >= 15 is 0 Å². The number of benzene rings is 2. The van der Waals surface area contributed by atoms with Crippen molar-refractivity contribution in [2.45, 2.75) is 71.0 Å². The van der Waals surface area contributed by atoms with Gasteiger partial charge >= 0.3 is 6.03 Å². The molecule has 1 N–H and O–H groups in total. The van der Waals surface area contributed by atoms with Crippen molar-refractivity contribution in [1.29, 1.82) is 5.26 Å². The second-order valence-corrected chi connectivity index (χ2v) is 15.8. The van der Waals surface area contributed by atoms with Crippen LogP contribution in [0.2, 0.25) is 10.0 Å². The van der Waals surface area contributed by atoms with Crippen molar-refractivity contribution < 1.29 is 14.3 Å². The van der Waals surface area contributed by atoms with E-state index in [1.54, 1.807) is 30.9 Å². The first-order valence-electron chi connectivity index (χ1n) is 17.0. The average Bonchev–Trinajstić information content (AvgIpc) is 3.45. The lowest BCUT2D eigenvalue weighted by Crippen LogP contribution is -2.56. The quantitative estimate of drug-likeness (QED) is 0.299. The maximum Gasteiger partial charge on any atom is 0.326 e. The summed E-state index contributed by atoms with van der Waals surface area (Å²) < 4.78 is 6.19. The Labute approximate surface area is 310 Å². The largest absolute Gasteiger partial charge is 0.493 e. The van der Waals surface area contributed by atoms with Gasteiger partial charge in [-0.1, -0.05) is 59.1 Å². The van der Waals surface area contributed by atoms with E-state index in [0.717, 1.165) is 5.56 Å². The summed E-state index contributed by atoms with van der Waals surface area (Å²) in [6.45, 7) is 13.9. The van der Waals surface area contributed by atoms with Gasteiger partial charge in [0.2, 0.25) is 5.91 Å². The summed E-state index contributed by atoms with van der Waals surface area (Å²) in [5.74, 6) is 0.814. The van der Waals surface area contributed by atoms with Crippen LogP contribution < -0.4 is 10.1 Å². The molecule has 5 rings (SSSR count). The van der Waals surface area contributed by atoms with Crippen LogP contribution in [0.4, 0.5) is 4.79 Å². The lowest BCUT2D eigenvalue weighted by atomic mass is 9.85. The van der Waals surface area contributed by atoms with Crippen molar-refractivity contribution in [3.8, 4) is 11.8 Å². The number of piperazine rings is 1. The summed E-state index contributed by atoms with van der Waals surface area (Å²) in [6, 6.07) is 12.3. The molecule has 0 saturated carbocycles. The third-order valence-corrected chi connectivity index (χ3v) is 9.98. The lowest BCUT2D eigenvalue weighted by Gasteiger charge is -2.39. The van der Waals surface area contributed by atoms with Crippen LogP contribution in [0.25, 0.3) is 0 Å². The number of urea groups is 1. The zero-order valence-corrected chi connectivity index (χ0v) is 31.7. The number of carbonyl (C=O) groups is 2. The van der Waals surface area contributed by atoms with Gasteiger partial charge in [-0.05, 0) is 89.4 Å². The smallest absolute Gasteiger partial charge is 0.326 e. The first-order chi connectivity index (χ1) is 23.6. The third kappa shape index (κ3) is 8.48. The predicted molar refractivity (Wildman–Crippen MR) is 200 cm³/mol. The predicted octanol–water partition coefficient (Wildman–Crippen LogP) is 7.72. The molecule has 2 aromatic carbocycles. The Morgan fingerprint density at radius 1 is 1.04 bits per heavy atom. The van der Waals surface area contributed by atoms with E-state index in [1.165, 1.54) is 0 Å². The molecule has 0 aromatic heterocycles. The molecule has 266 valence electrons. The van der Waals surface area contributed by atoms with Gasteiger partial charge in [-0.15, -0.1) is 0 Å². The van der Waals surface area contributed by atoms with Crippen LogP contribution in [0.15, 0.2) is 64.7 Å². The van der Waals surface area contributed by atoms with Crippen LogP contribution in [0.3, 0.4) is 0 Å². The molecule has 12 heteroatoms. The number of ether oxygens (including phenoxy) is 1. The maximum atomic E-state index is 14.9. The van der Waals surface area contributed by atoms with Crippen LogP contribution in [-0.4, -0.2) is 83.4 Å². The van der Waals surface area contributed by atoms with Gasteiger partial charge < -0.3 is 15.0 Å². The monoisotopic (exact) mass is 738 g/mol. The van der Waals surface area contributed by atoms with Crippen LogP contribution in [0, 0.1) is 17.2 Å². The Bertz CT molecular complexity index is 1730. The molecule has 0 bridgehead atoms. The molecule has 0 spiro atoms. The van der Waals surface area contributed by atoms with Crippen LogP contribution in [-0.2, 0) is 10.2 Å². The van der Waals surface area contributed by atoms with E-state index in [9.17, 15) is 14.9 Å². The molecule has 1 aliphatic carbocycles. The number of aliphatic imine (C=N–C) groups is 1. The van der Waals surface area contributed by atoms with E-state index in [0.29, 0.717) is 77.0 Å². The molecule has 1 saturated heterocycles. The third-order valence-electron chi connectivity index (χ3n) is 9.13. The molecule has 2 aromatic rings. The van der Waals surface area contributed by atoms with Gasteiger partial charge in [0.15, 0.2) is 0 Å². The summed E-state index contributed by atoms with van der Waals surface area (Å²) in [7, 11) is 0. The highest BCUT2D eigenvalue weighted by Crippen LogP contribution is 2.44. The van der Waals surface area contributed by atoms with Gasteiger partial charge in [0.1, 0.15) is 11.6 Å². The fourth-order valence-corrected chi connectivity index (χ4v) is 7.31. The van der Waals surface area contributed by atoms with Crippen molar-refractivity contribution in [2.24, 2.45) is 10.9 Å². The first kappa shape index (κ1) is 37.7. The molecule has 2 aliphatic heterocycles. The van der Waals surface area contributed by atoms with E-state index in [-0.39, 0.29) is 36.0 Å². The number of halogens is 3. The molecule has 9 nitrogen and oxygen atoms in total. The number of nitrogens with one attached hydrogen (secondary N) is 1. The average molecular weight is 740 g/mol. The minimum Gasteiger partial charge on any atom is -0.493 e. The molecule has 3 aliphatic rings. The molecule has 3 atom stereocenters. The molecule has 1 unspecified atom stereocenters. The molecule has 2 heterocycles. The Balaban J connectivity index is 1.58. The number of allylic oxidation sites excluding steroid dienone is 3. The number of hydrogen-bond donors (Lipinski definition) is 1. The highest BCUT2D eigenvalue weighted by molar-refractivity contribution is 6.32. The van der Waals surface area contributed by atoms with Crippen molar-refractivity contribution in [2.75, 3.05) is 39.3 Å². The standard InChI is InChI=1S/C38H45Cl3N6O3/c1-7-50-31-21-29(38(5,6)23-42)30(41)20-28(31)35-43-33(24-8-12-26(39)13-9-24)34(25-10-14-27(40)15-11-25)47(35)36(49)46-18-16-45(17-19-46)22-32(48)44-37(2,3)4/h8,10-15,20-21,24,33-34H,7,9,16-19,22H2,1-6H3,(H,44,48)/t24?,33-,34+/m0/s1. The van der Waals surface area contributed by atoms with E-state index < -0.39 is 11.5 Å². The normalized spacial score (nSPS) is 21.4. The Morgan fingerprint density at radius 2 is 1.72 bits per heavy atom. The maximum absolute atomic E-state index is 14.9. The number of carbonyl (C=O) groups excluding carboxylic acids is 2. The van der Waals surface area contributed by atoms with Crippen molar-refractivity contribution >= 4 is 52.6 Å². The van der Waals surface area contributed by atoms with Gasteiger partial charge in [-0.3, -0.25) is 19.6 Å². The number of amidine groups is 1. The van der Waals surface area contributed by atoms with Gasteiger partial charge in [0.25, 0.3) is 0 Å². The highest BCUT2D eigenvalue weighted by atomic mass is 35.5. The number of hydrogen-bond acceptors (Lipinski definition) is 6. The first-order valence-corrected chi connectivity index (χ1v) is 18.1. The zero-order valence-electron chi connectivity index (χ0n) is 29.5. The number of nitriles is 1. The summed E-state index contributed by atoms with van der Waals surface area (Å²) in [6.07, 6.45) is 6.56. The van der Waals surface area contributed by atoms with Gasteiger partial charge in [0, 0.05) is 52.7 Å². The SMILES string of the molecule is CCOc1cc(C(C)(C)C#N)c(Cl)cc1C1=N[C@@H](C2C=CC(Cl)=CC2)[C@@H](c2ccc(Cl)cc2)N1C(=O)N1CCN(CC(=O)NC(C)(C)C)CC1. The summed E-state index contributed by atoms with van der Waals surface area (Å²) in [4.78, 5) is 38.6.